The van der Waals surface area contributed by atoms with Gasteiger partial charge in [0.15, 0.2) is 0 Å². The van der Waals surface area contributed by atoms with E-state index in [9.17, 15) is 4.79 Å². The van der Waals surface area contributed by atoms with E-state index in [2.05, 4.69) is 21.2 Å². The largest absolute Gasteiger partial charge is 0.497 e. The van der Waals surface area contributed by atoms with Gasteiger partial charge in [0.2, 0.25) is 0 Å². The lowest BCUT2D eigenvalue weighted by molar-refractivity contribution is -0.127. The minimum atomic E-state index is -0.561. The zero-order chi connectivity index (χ0) is 16.8. The van der Waals surface area contributed by atoms with Gasteiger partial charge < -0.3 is 14.8 Å². The summed E-state index contributed by atoms with van der Waals surface area (Å²) >= 11 is 3.45. The highest BCUT2D eigenvalue weighted by molar-refractivity contribution is 9.10. The molecule has 0 heterocycles. The Morgan fingerprint density at radius 2 is 2.04 bits per heavy atom. The monoisotopic (exact) mass is 377 g/mol. The fourth-order valence-electron chi connectivity index (χ4n) is 2.02. The molecule has 4 nitrogen and oxygen atoms in total. The predicted octanol–water partition coefficient (Wildman–Crippen LogP) is 4.31. The first-order chi connectivity index (χ1) is 11.0. The van der Waals surface area contributed by atoms with Crippen LogP contribution in [0.1, 0.15) is 18.1 Å². The molecule has 1 atom stereocenters. The van der Waals surface area contributed by atoms with Crippen molar-refractivity contribution in [1.82, 2.24) is 0 Å². The molecule has 122 valence electrons. The maximum Gasteiger partial charge on any atom is 0.253 e. The summed E-state index contributed by atoms with van der Waals surface area (Å²) in [5, 5.41) is 2.86. The number of nitrogens with one attached hydrogen (secondary N) is 1. The molecule has 0 aliphatic rings. The Morgan fingerprint density at radius 1 is 1.26 bits per heavy atom. The van der Waals surface area contributed by atoms with Crippen LogP contribution < -0.4 is 10.1 Å². The molecule has 0 saturated heterocycles. The average Bonchev–Trinajstić information content (AvgIpc) is 2.55. The lowest BCUT2D eigenvalue weighted by Gasteiger charge is -2.15. The Bertz CT molecular complexity index is 688. The van der Waals surface area contributed by atoms with Crippen LogP contribution in [0.4, 0.5) is 5.69 Å². The Morgan fingerprint density at radius 3 is 2.74 bits per heavy atom. The van der Waals surface area contributed by atoms with Crippen molar-refractivity contribution < 1.29 is 14.3 Å². The van der Waals surface area contributed by atoms with Crippen molar-refractivity contribution >= 4 is 27.5 Å². The van der Waals surface area contributed by atoms with Crippen LogP contribution in [-0.2, 0) is 16.1 Å². The van der Waals surface area contributed by atoms with Crippen LogP contribution in [0.25, 0.3) is 0 Å². The molecule has 23 heavy (non-hydrogen) atoms. The summed E-state index contributed by atoms with van der Waals surface area (Å²) < 4.78 is 11.7. The van der Waals surface area contributed by atoms with E-state index in [1.165, 1.54) is 0 Å². The summed E-state index contributed by atoms with van der Waals surface area (Å²) in [5.74, 6) is 0.587. The maximum absolute atomic E-state index is 12.2. The number of carbonyl (C=O) groups is 1. The van der Waals surface area contributed by atoms with Crippen LogP contribution in [0.3, 0.4) is 0 Å². The molecule has 0 aliphatic carbocycles. The van der Waals surface area contributed by atoms with E-state index in [0.717, 1.165) is 27.0 Å². The van der Waals surface area contributed by atoms with Gasteiger partial charge in [0.1, 0.15) is 11.9 Å². The van der Waals surface area contributed by atoms with E-state index in [0.29, 0.717) is 6.61 Å². The summed E-state index contributed by atoms with van der Waals surface area (Å²) in [6.45, 7) is 4.08. The van der Waals surface area contributed by atoms with E-state index in [1.807, 2.05) is 49.4 Å². The Labute approximate surface area is 144 Å². The number of anilines is 1. The second-order valence-corrected chi connectivity index (χ2v) is 6.13. The standard InChI is InChI=1S/C18H20BrNO3/c1-12-7-8-17(16(19)9-12)20-18(21)13(2)23-11-14-5-4-6-15(10-14)22-3/h4-10,13H,11H2,1-3H3,(H,20,21). The summed E-state index contributed by atoms with van der Waals surface area (Å²) in [4.78, 5) is 12.2. The molecule has 0 saturated carbocycles. The first-order valence-electron chi connectivity index (χ1n) is 7.31. The van der Waals surface area contributed by atoms with Crippen LogP contribution in [0.5, 0.6) is 5.75 Å². The van der Waals surface area contributed by atoms with Gasteiger partial charge in [0.25, 0.3) is 5.91 Å². The van der Waals surface area contributed by atoms with Crippen molar-refractivity contribution in [2.45, 2.75) is 26.6 Å². The molecule has 1 unspecified atom stereocenters. The quantitative estimate of drug-likeness (QED) is 0.815. The molecular formula is C18H20BrNO3. The molecular weight excluding hydrogens is 358 g/mol. The number of carbonyl (C=O) groups excluding carboxylic acids is 1. The summed E-state index contributed by atoms with van der Waals surface area (Å²) in [6.07, 6.45) is -0.561. The lowest BCUT2D eigenvalue weighted by atomic mass is 10.2. The number of halogens is 1. The first-order valence-corrected chi connectivity index (χ1v) is 8.10. The van der Waals surface area contributed by atoms with Gasteiger partial charge in [0, 0.05) is 4.47 Å². The molecule has 1 N–H and O–H groups in total. The summed E-state index contributed by atoms with van der Waals surface area (Å²) in [5.41, 5.74) is 2.81. The van der Waals surface area contributed by atoms with Gasteiger partial charge >= 0.3 is 0 Å². The third-order valence-electron chi connectivity index (χ3n) is 3.39. The topological polar surface area (TPSA) is 47.6 Å². The van der Waals surface area contributed by atoms with Gasteiger partial charge in [0.05, 0.1) is 19.4 Å². The number of rotatable bonds is 6. The van der Waals surface area contributed by atoms with E-state index < -0.39 is 6.10 Å². The van der Waals surface area contributed by atoms with E-state index in [1.54, 1.807) is 14.0 Å². The normalized spacial score (nSPS) is 11.8. The predicted molar refractivity (Wildman–Crippen MR) is 94.8 cm³/mol. The highest BCUT2D eigenvalue weighted by Gasteiger charge is 2.15. The van der Waals surface area contributed by atoms with Crippen molar-refractivity contribution in [2.75, 3.05) is 12.4 Å². The fourth-order valence-corrected chi connectivity index (χ4v) is 2.61. The highest BCUT2D eigenvalue weighted by Crippen LogP contribution is 2.23. The van der Waals surface area contributed by atoms with Crippen molar-refractivity contribution in [2.24, 2.45) is 0 Å². The molecule has 2 rings (SSSR count). The van der Waals surface area contributed by atoms with Gasteiger partial charge in [-0.2, -0.15) is 0 Å². The average molecular weight is 378 g/mol. The van der Waals surface area contributed by atoms with E-state index in [-0.39, 0.29) is 5.91 Å². The van der Waals surface area contributed by atoms with Gasteiger partial charge in [-0.25, -0.2) is 0 Å². The Balaban J connectivity index is 1.91. The van der Waals surface area contributed by atoms with Crippen molar-refractivity contribution in [3.8, 4) is 5.75 Å². The molecule has 2 aromatic rings. The molecule has 0 aliphatic heterocycles. The van der Waals surface area contributed by atoms with Gasteiger partial charge in [-0.3, -0.25) is 4.79 Å². The van der Waals surface area contributed by atoms with Crippen LogP contribution in [-0.4, -0.2) is 19.1 Å². The zero-order valence-electron chi connectivity index (χ0n) is 13.4. The molecule has 2 aromatic carbocycles. The highest BCUT2D eigenvalue weighted by atomic mass is 79.9. The molecule has 0 radical (unpaired) electrons. The SMILES string of the molecule is COc1cccc(COC(C)C(=O)Nc2ccc(C)cc2Br)c1. The maximum atomic E-state index is 12.2. The van der Waals surface area contributed by atoms with Crippen molar-refractivity contribution in [3.63, 3.8) is 0 Å². The fraction of sp³-hybridized carbons (Fsp3) is 0.278. The summed E-state index contributed by atoms with van der Waals surface area (Å²) in [7, 11) is 1.62. The van der Waals surface area contributed by atoms with Gasteiger partial charge in [-0.1, -0.05) is 18.2 Å². The number of hydrogen-bond donors (Lipinski definition) is 1. The van der Waals surface area contributed by atoms with Crippen LogP contribution in [0.2, 0.25) is 0 Å². The third kappa shape index (κ3) is 5.08. The molecule has 0 bridgehead atoms. The number of ether oxygens (including phenoxy) is 2. The van der Waals surface area contributed by atoms with Gasteiger partial charge in [-0.15, -0.1) is 0 Å². The molecule has 1 amide bonds. The zero-order valence-corrected chi connectivity index (χ0v) is 15.0. The number of aryl methyl sites for hydroxylation is 1. The third-order valence-corrected chi connectivity index (χ3v) is 4.04. The Kier molecular flexibility index (Phi) is 6.19. The van der Waals surface area contributed by atoms with Crippen LogP contribution >= 0.6 is 15.9 Å². The van der Waals surface area contributed by atoms with Crippen LogP contribution in [0, 0.1) is 6.92 Å². The molecule has 0 spiro atoms. The Hall–Kier alpha value is -1.85. The number of amides is 1. The summed E-state index contributed by atoms with van der Waals surface area (Å²) in [6, 6.07) is 13.4. The molecule has 0 aromatic heterocycles. The molecule has 5 heteroatoms. The molecule has 0 fully saturated rings. The second-order valence-electron chi connectivity index (χ2n) is 5.28. The van der Waals surface area contributed by atoms with Crippen molar-refractivity contribution in [3.05, 3.63) is 58.1 Å². The minimum Gasteiger partial charge on any atom is -0.497 e. The smallest absolute Gasteiger partial charge is 0.253 e. The number of methoxy groups -OCH3 is 1. The number of hydrogen-bond acceptors (Lipinski definition) is 3. The van der Waals surface area contributed by atoms with Gasteiger partial charge in [-0.05, 0) is 65.2 Å². The number of benzene rings is 2. The van der Waals surface area contributed by atoms with E-state index in [4.69, 9.17) is 9.47 Å². The second kappa shape index (κ2) is 8.13. The minimum absolute atomic E-state index is 0.183. The lowest BCUT2D eigenvalue weighted by Crippen LogP contribution is -2.27. The van der Waals surface area contributed by atoms with E-state index >= 15 is 0 Å². The van der Waals surface area contributed by atoms with Crippen molar-refractivity contribution in [1.29, 1.82) is 0 Å². The first kappa shape index (κ1) is 17.5. The van der Waals surface area contributed by atoms with Crippen LogP contribution in [0.15, 0.2) is 46.9 Å².